The van der Waals surface area contributed by atoms with E-state index in [1.807, 2.05) is 0 Å². The van der Waals surface area contributed by atoms with Crippen molar-refractivity contribution in [3.63, 3.8) is 0 Å². The summed E-state index contributed by atoms with van der Waals surface area (Å²) in [6, 6.07) is 0. The maximum Gasteiger partial charge on any atom is 0.276 e. The highest BCUT2D eigenvalue weighted by Crippen LogP contribution is 2.26. The smallest absolute Gasteiger partial charge is 0.276 e. The molecule has 1 atom stereocenters. The SMILES string of the molecule is CO[C@H]1CNCCC1(F)F. The summed E-state index contributed by atoms with van der Waals surface area (Å²) < 4.78 is 30.0. The average Bonchev–Trinajstić information content (AvgIpc) is 1.87. The Morgan fingerprint density at radius 1 is 1.60 bits per heavy atom. The first-order valence-corrected chi connectivity index (χ1v) is 3.28. The van der Waals surface area contributed by atoms with Crippen LogP contribution in [0.2, 0.25) is 0 Å². The molecule has 0 aromatic carbocycles. The Morgan fingerprint density at radius 2 is 2.30 bits per heavy atom. The second kappa shape index (κ2) is 2.80. The van der Waals surface area contributed by atoms with Gasteiger partial charge in [-0.2, -0.15) is 0 Å². The Hall–Kier alpha value is -0.220. The van der Waals surface area contributed by atoms with Crippen LogP contribution in [-0.2, 0) is 4.74 Å². The molecule has 0 spiro atoms. The van der Waals surface area contributed by atoms with E-state index >= 15 is 0 Å². The topological polar surface area (TPSA) is 21.3 Å². The number of hydrogen-bond donors (Lipinski definition) is 1. The number of halogens is 2. The fourth-order valence-electron chi connectivity index (χ4n) is 1.05. The predicted octanol–water partition coefficient (Wildman–Crippen LogP) is 0.630. The number of nitrogens with one attached hydrogen (secondary N) is 1. The van der Waals surface area contributed by atoms with E-state index in [9.17, 15) is 8.78 Å². The van der Waals surface area contributed by atoms with E-state index < -0.39 is 12.0 Å². The highest BCUT2D eigenvalue weighted by atomic mass is 19.3. The van der Waals surface area contributed by atoms with Crippen molar-refractivity contribution in [1.29, 1.82) is 0 Å². The van der Waals surface area contributed by atoms with E-state index in [4.69, 9.17) is 0 Å². The molecule has 0 aromatic heterocycles. The standard InChI is InChI=1S/C6H11F2NO/c1-10-5-4-9-3-2-6(5,7)8/h5,9H,2-4H2,1H3/t5-/m0/s1. The number of piperidine rings is 1. The summed E-state index contributed by atoms with van der Waals surface area (Å²) in [5.74, 6) is -2.64. The van der Waals surface area contributed by atoms with Crippen molar-refractivity contribution >= 4 is 0 Å². The molecular weight excluding hydrogens is 140 g/mol. The summed E-state index contributed by atoms with van der Waals surface area (Å²) in [6.07, 6.45) is -1.06. The molecule has 1 fully saturated rings. The molecule has 0 amide bonds. The van der Waals surface area contributed by atoms with E-state index in [1.54, 1.807) is 0 Å². The zero-order chi connectivity index (χ0) is 7.61. The van der Waals surface area contributed by atoms with Crippen molar-refractivity contribution in [1.82, 2.24) is 5.32 Å². The second-order valence-electron chi connectivity index (χ2n) is 2.44. The number of ether oxygens (including phenoxy) is 1. The summed E-state index contributed by atoms with van der Waals surface area (Å²) in [5.41, 5.74) is 0. The first kappa shape index (κ1) is 7.88. The van der Waals surface area contributed by atoms with Gasteiger partial charge < -0.3 is 10.1 Å². The molecule has 60 valence electrons. The summed E-state index contributed by atoms with van der Waals surface area (Å²) in [5, 5.41) is 2.84. The predicted molar refractivity (Wildman–Crippen MR) is 33.2 cm³/mol. The third kappa shape index (κ3) is 1.44. The van der Waals surface area contributed by atoms with Crippen LogP contribution in [0.1, 0.15) is 6.42 Å². The Balaban J connectivity index is 2.51. The van der Waals surface area contributed by atoms with E-state index in [1.165, 1.54) is 7.11 Å². The molecular formula is C6H11F2NO. The highest BCUT2D eigenvalue weighted by Gasteiger charge is 2.41. The quantitative estimate of drug-likeness (QED) is 0.593. The molecule has 0 unspecified atom stereocenters. The van der Waals surface area contributed by atoms with Gasteiger partial charge in [0.1, 0.15) is 6.10 Å². The van der Waals surface area contributed by atoms with Crippen molar-refractivity contribution in [2.45, 2.75) is 18.4 Å². The molecule has 1 aliphatic rings. The summed E-state index contributed by atoms with van der Waals surface area (Å²) in [6.45, 7) is 0.635. The molecule has 1 heterocycles. The summed E-state index contributed by atoms with van der Waals surface area (Å²) >= 11 is 0. The second-order valence-corrected chi connectivity index (χ2v) is 2.44. The van der Waals surface area contributed by atoms with Gasteiger partial charge in [0.2, 0.25) is 0 Å². The molecule has 1 N–H and O–H groups in total. The van der Waals surface area contributed by atoms with E-state index in [2.05, 4.69) is 10.1 Å². The lowest BCUT2D eigenvalue weighted by Crippen LogP contribution is -2.49. The van der Waals surface area contributed by atoms with E-state index in [0.717, 1.165) is 0 Å². The van der Waals surface area contributed by atoms with Crippen molar-refractivity contribution in [3.8, 4) is 0 Å². The molecule has 4 heteroatoms. The molecule has 2 nitrogen and oxygen atoms in total. The number of alkyl halides is 2. The van der Waals surface area contributed by atoms with Crippen LogP contribution in [0.25, 0.3) is 0 Å². The molecule has 1 saturated heterocycles. The van der Waals surface area contributed by atoms with Crippen LogP contribution in [0.3, 0.4) is 0 Å². The minimum Gasteiger partial charge on any atom is -0.374 e. The lowest BCUT2D eigenvalue weighted by molar-refractivity contribution is -0.138. The van der Waals surface area contributed by atoms with Crippen molar-refractivity contribution in [3.05, 3.63) is 0 Å². The van der Waals surface area contributed by atoms with Crippen molar-refractivity contribution < 1.29 is 13.5 Å². The van der Waals surface area contributed by atoms with Crippen LogP contribution >= 0.6 is 0 Å². The van der Waals surface area contributed by atoms with Crippen molar-refractivity contribution in [2.75, 3.05) is 20.2 Å². The Morgan fingerprint density at radius 3 is 2.70 bits per heavy atom. The third-order valence-corrected chi connectivity index (χ3v) is 1.72. The maximum atomic E-state index is 12.7. The fraction of sp³-hybridized carbons (Fsp3) is 1.00. The van der Waals surface area contributed by atoms with Gasteiger partial charge in [0, 0.05) is 26.6 Å². The van der Waals surface area contributed by atoms with Gasteiger partial charge >= 0.3 is 0 Å². The Bertz CT molecular complexity index is 118. The van der Waals surface area contributed by atoms with Gasteiger partial charge in [-0.3, -0.25) is 0 Å². The molecule has 0 saturated carbocycles. The lowest BCUT2D eigenvalue weighted by Gasteiger charge is -2.30. The zero-order valence-electron chi connectivity index (χ0n) is 5.86. The highest BCUT2D eigenvalue weighted by molar-refractivity contribution is 4.84. The largest absolute Gasteiger partial charge is 0.374 e. The minimum atomic E-state index is -2.64. The normalized spacial score (nSPS) is 32.1. The van der Waals surface area contributed by atoms with Gasteiger partial charge in [0.15, 0.2) is 0 Å². The fourth-order valence-corrected chi connectivity index (χ4v) is 1.05. The van der Waals surface area contributed by atoms with Crippen LogP contribution < -0.4 is 5.32 Å². The summed E-state index contributed by atoms with van der Waals surface area (Å²) in [4.78, 5) is 0. The lowest BCUT2D eigenvalue weighted by atomic mass is 10.1. The van der Waals surface area contributed by atoms with Gasteiger partial charge in [-0.25, -0.2) is 8.78 Å². The number of methoxy groups -OCH3 is 1. The Kier molecular flexibility index (Phi) is 2.21. The van der Waals surface area contributed by atoms with Crippen molar-refractivity contribution in [2.24, 2.45) is 0 Å². The van der Waals surface area contributed by atoms with E-state index in [0.29, 0.717) is 6.54 Å². The van der Waals surface area contributed by atoms with Gasteiger partial charge in [-0.1, -0.05) is 0 Å². The molecule has 10 heavy (non-hydrogen) atoms. The molecule has 1 rings (SSSR count). The monoisotopic (exact) mass is 151 g/mol. The molecule has 0 aromatic rings. The first-order valence-electron chi connectivity index (χ1n) is 3.28. The molecule has 0 bridgehead atoms. The van der Waals surface area contributed by atoms with Gasteiger partial charge in [0.25, 0.3) is 5.92 Å². The van der Waals surface area contributed by atoms with Crippen LogP contribution in [-0.4, -0.2) is 32.2 Å². The minimum absolute atomic E-state index is 0.120. The first-order chi connectivity index (χ1) is 4.67. The molecule has 1 aliphatic heterocycles. The van der Waals surface area contributed by atoms with Crippen LogP contribution in [0.5, 0.6) is 0 Å². The van der Waals surface area contributed by atoms with Crippen LogP contribution in [0, 0.1) is 0 Å². The number of rotatable bonds is 1. The summed E-state index contributed by atoms with van der Waals surface area (Å²) in [7, 11) is 1.31. The third-order valence-electron chi connectivity index (χ3n) is 1.72. The van der Waals surface area contributed by atoms with Gasteiger partial charge in [0.05, 0.1) is 0 Å². The van der Waals surface area contributed by atoms with Gasteiger partial charge in [-0.05, 0) is 0 Å². The van der Waals surface area contributed by atoms with Crippen LogP contribution in [0.15, 0.2) is 0 Å². The zero-order valence-corrected chi connectivity index (χ0v) is 5.86. The molecule has 0 radical (unpaired) electrons. The van der Waals surface area contributed by atoms with E-state index in [-0.39, 0.29) is 13.0 Å². The van der Waals surface area contributed by atoms with Crippen LogP contribution in [0.4, 0.5) is 8.78 Å². The average molecular weight is 151 g/mol. The number of hydrogen-bond acceptors (Lipinski definition) is 2. The van der Waals surface area contributed by atoms with Gasteiger partial charge in [-0.15, -0.1) is 0 Å². The molecule has 0 aliphatic carbocycles. The Labute approximate surface area is 58.6 Å². The maximum absolute atomic E-state index is 12.7.